The van der Waals surface area contributed by atoms with Gasteiger partial charge in [0, 0.05) is 33.0 Å². The van der Waals surface area contributed by atoms with Gasteiger partial charge in [0.2, 0.25) is 5.91 Å². The fourth-order valence-corrected chi connectivity index (χ4v) is 5.25. The Morgan fingerprint density at radius 1 is 1.17 bits per heavy atom. The van der Waals surface area contributed by atoms with E-state index in [2.05, 4.69) is 21.2 Å². The summed E-state index contributed by atoms with van der Waals surface area (Å²) in [6, 6.07) is 21.3. The molecular formula is C25H16BrClN4O4S. The van der Waals surface area contributed by atoms with Gasteiger partial charge in [0.15, 0.2) is 0 Å². The molecule has 1 N–H and O–H groups in total. The highest BCUT2D eigenvalue weighted by Crippen LogP contribution is 2.42. The van der Waals surface area contributed by atoms with Crippen molar-refractivity contribution in [2.24, 2.45) is 0 Å². The average molecular weight is 584 g/mol. The van der Waals surface area contributed by atoms with E-state index in [1.54, 1.807) is 60.7 Å². The Kier molecular flexibility index (Phi) is 7.74. The number of amides is 2. The number of benzene rings is 3. The molecule has 4 rings (SSSR count). The molecule has 8 nitrogen and oxygen atoms in total. The summed E-state index contributed by atoms with van der Waals surface area (Å²) in [5.74, 6) is -1.01. The number of nitrogens with one attached hydrogen (secondary N) is 1. The number of non-ortho nitro benzene ring substituents is 1. The van der Waals surface area contributed by atoms with Gasteiger partial charge in [-0.3, -0.25) is 24.6 Å². The number of anilines is 2. The molecule has 1 aliphatic rings. The van der Waals surface area contributed by atoms with Gasteiger partial charge in [-0.2, -0.15) is 5.26 Å². The molecule has 0 aliphatic carbocycles. The van der Waals surface area contributed by atoms with Crippen LogP contribution in [0.15, 0.2) is 87.9 Å². The lowest BCUT2D eigenvalue weighted by Gasteiger charge is -2.19. The van der Waals surface area contributed by atoms with Gasteiger partial charge < -0.3 is 5.32 Å². The Balaban J connectivity index is 1.72. The molecule has 1 heterocycles. The van der Waals surface area contributed by atoms with Gasteiger partial charge in [-0.1, -0.05) is 51.4 Å². The van der Waals surface area contributed by atoms with E-state index in [-0.39, 0.29) is 28.6 Å². The lowest BCUT2D eigenvalue weighted by molar-refractivity contribution is -0.384. The van der Waals surface area contributed by atoms with Crippen molar-refractivity contribution >= 4 is 68.2 Å². The molecule has 36 heavy (non-hydrogen) atoms. The number of nitro benzene ring substituents is 1. The average Bonchev–Trinajstić information content (AvgIpc) is 3.17. The predicted molar refractivity (Wildman–Crippen MR) is 143 cm³/mol. The molecule has 0 aromatic heterocycles. The quantitative estimate of drug-likeness (QED) is 0.163. The Labute approximate surface area is 223 Å². The van der Waals surface area contributed by atoms with E-state index in [0.717, 1.165) is 16.2 Å². The van der Waals surface area contributed by atoms with Crippen LogP contribution in [0.3, 0.4) is 0 Å². The predicted octanol–water partition coefficient (Wildman–Crippen LogP) is 6.08. The summed E-state index contributed by atoms with van der Waals surface area (Å²) in [6.45, 7) is 0. The summed E-state index contributed by atoms with van der Waals surface area (Å²) < 4.78 is 0.796. The van der Waals surface area contributed by atoms with Crippen molar-refractivity contribution < 1.29 is 14.5 Å². The van der Waals surface area contributed by atoms with E-state index in [1.807, 2.05) is 6.07 Å². The first-order valence-corrected chi connectivity index (χ1v) is 12.5. The molecule has 1 atom stereocenters. The molecular weight excluding hydrogens is 568 g/mol. The van der Waals surface area contributed by atoms with E-state index in [1.165, 1.54) is 17.0 Å². The zero-order valence-corrected chi connectivity index (χ0v) is 21.5. The third-order valence-corrected chi connectivity index (χ3v) is 7.28. The minimum Gasteiger partial charge on any atom is -0.321 e. The fraction of sp³-hybridized carbons (Fsp3) is 0.0800. The summed E-state index contributed by atoms with van der Waals surface area (Å²) in [5, 5.41) is 23.7. The lowest BCUT2D eigenvalue weighted by Crippen LogP contribution is -2.30. The van der Waals surface area contributed by atoms with Crippen LogP contribution in [0.1, 0.15) is 5.56 Å². The number of hydrogen-bond donors (Lipinski definition) is 1. The van der Waals surface area contributed by atoms with Crippen LogP contribution in [0.5, 0.6) is 0 Å². The number of halogens is 2. The van der Waals surface area contributed by atoms with E-state index < -0.39 is 16.1 Å². The van der Waals surface area contributed by atoms with Crippen molar-refractivity contribution in [1.82, 2.24) is 0 Å². The number of thioether (sulfide) groups is 1. The third kappa shape index (κ3) is 5.60. The van der Waals surface area contributed by atoms with Crippen LogP contribution in [0, 0.1) is 21.4 Å². The van der Waals surface area contributed by atoms with Crippen molar-refractivity contribution in [2.75, 3.05) is 10.2 Å². The minimum absolute atomic E-state index is 0.0801. The van der Waals surface area contributed by atoms with Gasteiger partial charge in [0.1, 0.15) is 16.7 Å². The minimum atomic E-state index is -0.697. The molecule has 3 aromatic rings. The Morgan fingerprint density at radius 3 is 2.50 bits per heavy atom. The number of nitrogens with zero attached hydrogens (tertiary/aromatic N) is 3. The summed E-state index contributed by atoms with van der Waals surface area (Å²) in [5.41, 5.74) is 1.21. The second-order valence-electron chi connectivity index (χ2n) is 7.64. The first-order valence-electron chi connectivity index (χ1n) is 10.5. The molecule has 11 heteroatoms. The van der Waals surface area contributed by atoms with Crippen LogP contribution >= 0.6 is 39.3 Å². The van der Waals surface area contributed by atoms with Gasteiger partial charge in [-0.15, -0.1) is 0 Å². The number of nitro groups is 1. The summed E-state index contributed by atoms with van der Waals surface area (Å²) in [6.07, 6.45) is 0.180. The van der Waals surface area contributed by atoms with E-state index in [0.29, 0.717) is 22.0 Å². The van der Waals surface area contributed by atoms with Crippen LogP contribution in [0.4, 0.5) is 17.1 Å². The highest BCUT2D eigenvalue weighted by atomic mass is 79.9. The molecule has 0 radical (unpaired) electrons. The van der Waals surface area contributed by atoms with Gasteiger partial charge in [-0.05, 0) is 60.5 Å². The normalized spacial score (nSPS) is 16.4. The zero-order valence-electron chi connectivity index (χ0n) is 18.4. The van der Waals surface area contributed by atoms with Gasteiger partial charge in [0.05, 0.1) is 10.2 Å². The number of nitriles is 1. The Morgan fingerprint density at radius 2 is 1.86 bits per heavy atom. The van der Waals surface area contributed by atoms with Crippen molar-refractivity contribution in [3.63, 3.8) is 0 Å². The van der Waals surface area contributed by atoms with E-state index in [9.17, 15) is 25.0 Å². The highest BCUT2D eigenvalue weighted by Gasteiger charge is 2.41. The molecule has 0 bridgehead atoms. The number of carbonyl (C=O) groups excluding carboxylic acids is 2. The lowest BCUT2D eigenvalue weighted by atomic mass is 10.1. The van der Waals surface area contributed by atoms with Crippen molar-refractivity contribution in [1.29, 1.82) is 5.26 Å². The fourth-order valence-electron chi connectivity index (χ4n) is 3.55. The molecule has 1 aliphatic heterocycles. The van der Waals surface area contributed by atoms with Crippen LogP contribution in [0.25, 0.3) is 0 Å². The van der Waals surface area contributed by atoms with Crippen molar-refractivity contribution in [3.05, 3.63) is 109 Å². The van der Waals surface area contributed by atoms with Crippen LogP contribution in [-0.2, 0) is 16.0 Å². The van der Waals surface area contributed by atoms with Crippen molar-refractivity contribution in [3.8, 4) is 6.07 Å². The topological polar surface area (TPSA) is 116 Å². The molecule has 1 fully saturated rings. The Bertz CT molecular complexity index is 1420. The second-order valence-corrected chi connectivity index (χ2v) is 10.2. The first-order chi connectivity index (χ1) is 17.3. The number of carbonyl (C=O) groups is 2. The molecule has 1 unspecified atom stereocenters. The molecule has 3 aromatic carbocycles. The standard InChI is InChI=1S/C25H16BrClN4O4S/c26-16-4-10-19(11-5-16)30-24(33)22(13-15-2-1-3-20(12-15)31(34)35)36-25(30)21(14-28)23(32)29-18-8-6-17(27)7-9-18/h1-12,22H,13H2,(H,29,32)/b25-21-. The van der Waals surface area contributed by atoms with Crippen molar-refractivity contribution in [2.45, 2.75) is 11.7 Å². The maximum atomic E-state index is 13.5. The summed E-state index contributed by atoms with van der Waals surface area (Å²) >= 11 is 10.3. The largest absolute Gasteiger partial charge is 0.321 e. The zero-order chi connectivity index (χ0) is 25.8. The maximum Gasteiger partial charge on any atom is 0.269 e. The van der Waals surface area contributed by atoms with E-state index in [4.69, 9.17) is 11.6 Å². The van der Waals surface area contributed by atoms with Crippen LogP contribution in [-0.4, -0.2) is 22.0 Å². The third-order valence-electron chi connectivity index (χ3n) is 5.23. The maximum absolute atomic E-state index is 13.5. The molecule has 0 saturated carbocycles. The van der Waals surface area contributed by atoms with E-state index >= 15 is 0 Å². The molecule has 1 saturated heterocycles. The Hall–Kier alpha value is -3.65. The van der Waals surface area contributed by atoms with Gasteiger partial charge in [0.25, 0.3) is 11.6 Å². The monoisotopic (exact) mass is 582 g/mol. The molecule has 180 valence electrons. The van der Waals surface area contributed by atoms with Gasteiger partial charge in [-0.25, -0.2) is 0 Å². The second kappa shape index (κ2) is 11.0. The van der Waals surface area contributed by atoms with Gasteiger partial charge >= 0.3 is 0 Å². The summed E-state index contributed by atoms with van der Waals surface area (Å²) in [4.78, 5) is 38.6. The molecule has 0 spiro atoms. The SMILES string of the molecule is N#C/C(C(=O)Nc1ccc(Cl)cc1)=C1/SC(Cc2cccc([N+](=O)[O-])c2)C(=O)N1c1ccc(Br)cc1. The van der Waals surface area contributed by atoms with Crippen LogP contribution in [0.2, 0.25) is 5.02 Å². The molecule has 2 amide bonds. The smallest absolute Gasteiger partial charge is 0.269 e. The number of rotatable bonds is 6. The first kappa shape index (κ1) is 25.4. The summed E-state index contributed by atoms with van der Waals surface area (Å²) in [7, 11) is 0. The number of hydrogen-bond acceptors (Lipinski definition) is 6. The highest BCUT2D eigenvalue weighted by molar-refractivity contribution is 9.10. The van der Waals surface area contributed by atoms with Crippen LogP contribution < -0.4 is 10.2 Å².